The van der Waals surface area contributed by atoms with E-state index in [1.165, 1.54) is 11.1 Å². The first kappa shape index (κ1) is 14.8. The monoisotopic (exact) mass is 299 g/mol. The van der Waals surface area contributed by atoms with Crippen molar-refractivity contribution in [3.8, 4) is 23.0 Å². The zero-order valence-corrected chi connectivity index (χ0v) is 13.5. The molecule has 5 heteroatoms. The highest BCUT2D eigenvalue weighted by Crippen LogP contribution is 2.34. The van der Waals surface area contributed by atoms with Crippen LogP contribution in [0.2, 0.25) is 0 Å². The lowest BCUT2D eigenvalue weighted by Crippen LogP contribution is -2.30. The Kier molecular flexibility index (Phi) is 3.98. The zero-order valence-electron chi connectivity index (χ0n) is 13.5. The smallest absolute Gasteiger partial charge is 0.319 e. The van der Waals surface area contributed by atoms with E-state index in [0.717, 1.165) is 24.1 Å². The van der Waals surface area contributed by atoms with Crippen LogP contribution in [-0.4, -0.2) is 42.7 Å². The van der Waals surface area contributed by atoms with E-state index in [1.54, 1.807) is 20.4 Å². The number of benzene rings is 1. The fraction of sp³-hybridized carbons (Fsp3) is 0.412. The maximum atomic E-state index is 5.39. The van der Waals surface area contributed by atoms with Crippen LogP contribution < -0.4 is 9.47 Å². The second kappa shape index (κ2) is 5.93. The van der Waals surface area contributed by atoms with Gasteiger partial charge in [0.1, 0.15) is 0 Å². The fourth-order valence-electron chi connectivity index (χ4n) is 2.93. The van der Waals surface area contributed by atoms with E-state index >= 15 is 0 Å². The Hall–Kier alpha value is -2.14. The third-order valence-electron chi connectivity index (χ3n) is 4.41. The van der Waals surface area contributed by atoms with Crippen LogP contribution >= 0.6 is 0 Å². The van der Waals surface area contributed by atoms with Crippen LogP contribution in [0.15, 0.2) is 24.4 Å². The second-order valence-electron chi connectivity index (χ2n) is 5.60. The molecule has 0 radical (unpaired) electrons. The van der Waals surface area contributed by atoms with Crippen molar-refractivity contribution in [1.29, 1.82) is 0 Å². The summed E-state index contributed by atoms with van der Waals surface area (Å²) in [6.07, 6.45) is 2.81. The standard InChI is InChI=1S/C17H21N3O2/c1-11-14-6-5-12(9-13(14)7-8-20(11)2)15-10-18-17(22-4)19-16(15)21-3/h5-6,9-11H,7-8H2,1-4H3. The number of methoxy groups -OCH3 is 2. The van der Waals surface area contributed by atoms with E-state index in [2.05, 4.69) is 47.0 Å². The number of hydrogen-bond donors (Lipinski definition) is 0. The van der Waals surface area contributed by atoms with E-state index in [4.69, 9.17) is 9.47 Å². The van der Waals surface area contributed by atoms with Crippen LogP contribution in [0.4, 0.5) is 0 Å². The van der Waals surface area contributed by atoms with Gasteiger partial charge in [0.05, 0.1) is 19.8 Å². The highest BCUT2D eigenvalue weighted by Gasteiger charge is 2.21. The van der Waals surface area contributed by atoms with E-state index in [9.17, 15) is 0 Å². The maximum Gasteiger partial charge on any atom is 0.319 e. The third kappa shape index (κ3) is 2.52. The quantitative estimate of drug-likeness (QED) is 0.872. The van der Waals surface area contributed by atoms with Gasteiger partial charge in [-0.15, -0.1) is 0 Å². The van der Waals surface area contributed by atoms with Crippen LogP contribution in [0.1, 0.15) is 24.1 Å². The van der Waals surface area contributed by atoms with E-state index < -0.39 is 0 Å². The first-order valence-corrected chi connectivity index (χ1v) is 7.42. The van der Waals surface area contributed by atoms with Gasteiger partial charge in [-0.3, -0.25) is 4.90 Å². The van der Waals surface area contributed by atoms with Crippen molar-refractivity contribution in [2.75, 3.05) is 27.8 Å². The molecule has 0 fully saturated rings. The Morgan fingerprint density at radius 3 is 2.77 bits per heavy atom. The molecular weight excluding hydrogens is 278 g/mol. The molecule has 0 saturated heterocycles. The predicted molar refractivity (Wildman–Crippen MR) is 85.3 cm³/mol. The highest BCUT2D eigenvalue weighted by molar-refractivity contribution is 5.69. The molecule has 2 heterocycles. The van der Waals surface area contributed by atoms with Gasteiger partial charge in [0.25, 0.3) is 0 Å². The average molecular weight is 299 g/mol. The lowest BCUT2D eigenvalue weighted by molar-refractivity contribution is 0.247. The molecule has 2 aromatic rings. The molecule has 1 unspecified atom stereocenters. The molecule has 0 amide bonds. The van der Waals surface area contributed by atoms with E-state index in [0.29, 0.717) is 17.9 Å². The number of ether oxygens (including phenoxy) is 2. The van der Waals surface area contributed by atoms with Gasteiger partial charge in [0, 0.05) is 18.8 Å². The summed E-state index contributed by atoms with van der Waals surface area (Å²) in [5, 5.41) is 0. The van der Waals surface area contributed by atoms with Crippen molar-refractivity contribution in [1.82, 2.24) is 14.9 Å². The Labute approximate surface area is 130 Å². The fourth-order valence-corrected chi connectivity index (χ4v) is 2.93. The van der Waals surface area contributed by atoms with Crippen molar-refractivity contribution in [2.45, 2.75) is 19.4 Å². The normalized spacial score (nSPS) is 17.9. The maximum absolute atomic E-state index is 5.39. The number of hydrogen-bond acceptors (Lipinski definition) is 5. The number of aromatic nitrogens is 2. The molecule has 0 aliphatic carbocycles. The molecule has 1 aliphatic rings. The largest absolute Gasteiger partial charge is 0.480 e. The number of likely N-dealkylation sites (N-methyl/N-ethyl adjacent to an activating group) is 1. The number of rotatable bonds is 3. The van der Waals surface area contributed by atoms with Crippen molar-refractivity contribution in [2.24, 2.45) is 0 Å². The topological polar surface area (TPSA) is 47.5 Å². The van der Waals surface area contributed by atoms with Gasteiger partial charge in [-0.25, -0.2) is 4.98 Å². The minimum atomic E-state index is 0.314. The van der Waals surface area contributed by atoms with Crippen molar-refractivity contribution >= 4 is 0 Å². The Bertz CT molecular complexity index is 688. The van der Waals surface area contributed by atoms with Gasteiger partial charge in [0.2, 0.25) is 5.88 Å². The first-order chi connectivity index (χ1) is 10.6. The lowest BCUT2D eigenvalue weighted by atomic mass is 9.91. The Balaban J connectivity index is 2.03. The van der Waals surface area contributed by atoms with E-state index in [1.807, 2.05) is 0 Å². The van der Waals surface area contributed by atoms with Crippen LogP contribution in [0, 0.1) is 0 Å². The summed E-state index contributed by atoms with van der Waals surface area (Å²) < 4.78 is 10.4. The zero-order chi connectivity index (χ0) is 15.7. The molecule has 1 aromatic heterocycles. The molecule has 0 N–H and O–H groups in total. The molecule has 0 saturated carbocycles. The number of nitrogens with zero attached hydrogens (tertiary/aromatic N) is 3. The molecule has 0 bridgehead atoms. The molecule has 1 atom stereocenters. The van der Waals surface area contributed by atoms with Gasteiger partial charge < -0.3 is 9.47 Å². The molecule has 5 nitrogen and oxygen atoms in total. The van der Waals surface area contributed by atoms with E-state index in [-0.39, 0.29) is 0 Å². The molecule has 1 aliphatic heterocycles. The van der Waals surface area contributed by atoms with Crippen LogP contribution in [0.3, 0.4) is 0 Å². The van der Waals surface area contributed by atoms with Gasteiger partial charge in [0.15, 0.2) is 0 Å². The molecule has 22 heavy (non-hydrogen) atoms. The third-order valence-corrected chi connectivity index (χ3v) is 4.41. The highest BCUT2D eigenvalue weighted by atomic mass is 16.5. The van der Waals surface area contributed by atoms with Crippen LogP contribution in [0.5, 0.6) is 11.9 Å². The summed E-state index contributed by atoms with van der Waals surface area (Å²) >= 11 is 0. The summed E-state index contributed by atoms with van der Waals surface area (Å²) in [4.78, 5) is 10.8. The lowest BCUT2D eigenvalue weighted by Gasteiger charge is -2.32. The summed E-state index contributed by atoms with van der Waals surface area (Å²) in [5.41, 5.74) is 4.75. The molecule has 116 valence electrons. The van der Waals surface area contributed by atoms with Crippen molar-refractivity contribution < 1.29 is 9.47 Å². The SMILES string of the molecule is COc1ncc(-c2ccc3c(c2)CCN(C)C3C)c(OC)n1. The summed E-state index contributed by atoms with van der Waals surface area (Å²) in [7, 11) is 5.33. The van der Waals surface area contributed by atoms with Crippen molar-refractivity contribution in [3.63, 3.8) is 0 Å². The molecule has 1 aromatic carbocycles. The minimum Gasteiger partial charge on any atom is -0.480 e. The Morgan fingerprint density at radius 1 is 1.23 bits per heavy atom. The van der Waals surface area contributed by atoms with Gasteiger partial charge in [-0.1, -0.05) is 18.2 Å². The molecular formula is C17H21N3O2. The average Bonchev–Trinajstić information content (AvgIpc) is 2.57. The van der Waals surface area contributed by atoms with Gasteiger partial charge in [-0.05, 0) is 37.1 Å². The molecule has 0 spiro atoms. The Morgan fingerprint density at radius 2 is 2.05 bits per heavy atom. The summed E-state index contributed by atoms with van der Waals surface area (Å²) in [6, 6.07) is 7.31. The second-order valence-corrected chi connectivity index (χ2v) is 5.60. The van der Waals surface area contributed by atoms with Crippen LogP contribution in [-0.2, 0) is 6.42 Å². The number of fused-ring (bicyclic) bond motifs is 1. The van der Waals surface area contributed by atoms with Crippen LogP contribution in [0.25, 0.3) is 11.1 Å². The first-order valence-electron chi connectivity index (χ1n) is 7.42. The van der Waals surface area contributed by atoms with Crippen molar-refractivity contribution in [3.05, 3.63) is 35.5 Å². The summed E-state index contributed by atoms with van der Waals surface area (Å²) in [5.74, 6) is 0.535. The minimum absolute atomic E-state index is 0.314. The predicted octanol–water partition coefficient (Wildman–Crippen LogP) is 2.71. The molecule has 3 rings (SSSR count). The van der Waals surface area contributed by atoms with Gasteiger partial charge in [-0.2, -0.15) is 4.98 Å². The van der Waals surface area contributed by atoms with Gasteiger partial charge >= 0.3 is 6.01 Å². The summed E-state index contributed by atoms with van der Waals surface area (Å²) in [6.45, 7) is 3.32.